The molecule has 4 fully saturated rings. The van der Waals surface area contributed by atoms with Crippen LogP contribution in [0.4, 0.5) is 0 Å². The van der Waals surface area contributed by atoms with Crippen LogP contribution in [0.25, 0.3) is 11.2 Å². The van der Waals surface area contributed by atoms with Gasteiger partial charge in [0.25, 0.3) is 0 Å². The Balaban J connectivity index is 1.24. The van der Waals surface area contributed by atoms with Crippen molar-refractivity contribution in [1.29, 1.82) is 0 Å². The van der Waals surface area contributed by atoms with Gasteiger partial charge in [0.1, 0.15) is 12.1 Å². The van der Waals surface area contributed by atoms with Crippen LogP contribution in [0.1, 0.15) is 71.6 Å². The summed E-state index contributed by atoms with van der Waals surface area (Å²) in [7, 11) is 1.85. The molecule has 1 N–H and O–H groups in total. The number of aromatic nitrogens is 4. The van der Waals surface area contributed by atoms with Crippen molar-refractivity contribution in [3.63, 3.8) is 0 Å². The fourth-order valence-electron chi connectivity index (χ4n) is 9.50. The van der Waals surface area contributed by atoms with Crippen molar-refractivity contribution >= 4 is 16.9 Å². The molecule has 35 heavy (non-hydrogen) atoms. The van der Waals surface area contributed by atoms with E-state index >= 15 is 0 Å². The Morgan fingerprint density at radius 1 is 1.09 bits per heavy atom. The van der Waals surface area contributed by atoms with E-state index in [9.17, 15) is 9.90 Å². The molecule has 4 aliphatic carbocycles. The van der Waals surface area contributed by atoms with E-state index in [2.05, 4.69) is 22.0 Å². The molecule has 2 aromatic rings. The number of ketones is 1. The van der Waals surface area contributed by atoms with E-state index in [0.717, 1.165) is 50.6 Å². The molecule has 8 atom stereocenters. The highest BCUT2D eigenvalue weighted by Gasteiger charge is 2.63. The van der Waals surface area contributed by atoms with Gasteiger partial charge in [-0.05, 0) is 99.2 Å². The number of hydrogen-bond acceptors (Lipinski definition) is 6. The largest absolute Gasteiger partial charge is 0.390 e. The molecule has 0 aliphatic heterocycles. The molecular formula is C28H40N4O3. The van der Waals surface area contributed by atoms with Gasteiger partial charge >= 0.3 is 0 Å². The minimum Gasteiger partial charge on any atom is -0.390 e. The van der Waals surface area contributed by atoms with Crippen LogP contribution in [-0.4, -0.2) is 50.0 Å². The van der Waals surface area contributed by atoms with Crippen molar-refractivity contribution in [3.8, 4) is 0 Å². The van der Waals surface area contributed by atoms with Crippen LogP contribution in [0.5, 0.6) is 0 Å². The fraction of sp³-hybridized carbons (Fsp3) is 0.786. The molecule has 190 valence electrons. The van der Waals surface area contributed by atoms with Crippen molar-refractivity contribution in [2.24, 2.45) is 40.4 Å². The number of carbonyl (C=O) groups is 1. The maximum Gasteiger partial charge on any atom is 0.177 e. The van der Waals surface area contributed by atoms with Crippen molar-refractivity contribution in [2.75, 3.05) is 13.7 Å². The zero-order valence-corrected chi connectivity index (χ0v) is 21.4. The standard InChI is InChI=1S/C28H40N4O3/c1-26(34)10-11-28(17-35-3)18(14-26)4-5-19-20-6-7-22(27(20,2)9-8-21(19)28)24(33)16-32-25-23(15-31-32)29-12-13-30-25/h12-13,15,18-22,34H,4-11,14,16-17H2,1-3H3/t18-,19-,20-,21-,22+,26+,27-,28+/m0/s1. The molecule has 4 aliphatic rings. The zero-order chi connectivity index (χ0) is 24.4. The van der Waals surface area contributed by atoms with Crippen molar-refractivity contribution < 1.29 is 14.6 Å². The number of methoxy groups -OCH3 is 1. The molecule has 0 spiro atoms. The van der Waals surface area contributed by atoms with Gasteiger partial charge in [-0.1, -0.05) is 6.92 Å². The highest BCUT2D eigenvalue weighted by atomic mass is 16.5. The third-order valence-electron chi connectivity index (χ3n) is 11.0. The second-order valence-corrected chi connectivity index (χ2v) is 12.7. The lowest BCUT2D eigenvalue weighted by Gasteiger charge is -2.62. The second-order valence-electron chi connectivity index (χ2n) is 12.7. The van der Waals surface area contributed by atoms with Crippen LogP contribution in [0.2, 0.25) is 0 Å². The highest BCUT2D eigenvalue weighted by Crippen LogP contribution is 2.68. The van der Waals surface area contributed by atoms with Gasteiger partial charge in [0, 0.05) is 25.4 Å². The number of carbonyl (C=O) groups excluding carboxylic acids is 1. The summed E-state index contributed by atoms with van der Waals surface area (Å²) in [6.07, 6.45) is 14.7. The lowest BCUT2D eigenvalue weighted by molar-refractivity contribution is -0.175. The summed E-state index contributed by atoms with van der Waals surface area (Å²) in [6, 6.07) is 0. The first kappa shape index (κ1) is 23.5. The molecule has 0 radical (unpaired) electrons. The molecule has 4 saturated carbocycles. The van der Waals surface area contributed by atoms with E-state index in [1.165, 1.54) is 19.3 Å². The van der Waals surface area contributed by atoms with E-state index in [0.29, 0.717) is 35.1 Å². The summed E-state index contributed by atoms with van der Waals surface area (Å²) in [6.45, 7) is 5.53. The van der Waals surface area contributed by atoms with Gasteiger partial charge in [0.05, 0.1) is 18.4 Å². The van der Waals surface area contributed by atoms with E-state index in [-0.39, 0.29) is 23.3 Å². The van der Waals surface area contributed by atoms with Crippen LogP contribution < -0.4 is 0 Å². The van der Waals surface area contributed by atoms with E-state index < -0.39 is 5.60 Å². The Kier molecular flexibility index (Phi) is 5.61. The Hall–Kier alpha value is -1.86. The van der Waals surface area contributed by atoms with Crippen LogP contribution in [0.3, 0.4) is 0 Å². The van der Waals surface area contributed by atoms with Crippen LogP contribution in [0, 0.1) is 40.4 Å². The van der Waals surface area contributed by atoms with Crippen molar-refractivity contribution in [1.82, 2.24) is 19.7 Å². The zero-order valence-electron chi connectivity index (χ0n) is 21.4. The summed E-state index contributed by atoms with van der Waals surface area (Å²) < 4.78 is 7.63. The van der Waals surface area contributed by atoms with Gasteiger partial charge < -0.3 is 9.84 Å². The van der Waals surface area contributed by atoms with E-state index in [1.807, 2.05) is 14.0 Å². The van der Waals surface area contributed by atoms with Crippen LogP contribution in [0.15, 0.2) is 18.6 Å². The van der Waals surface area contributed by atoms with Gasteiger partial charge in [-0.2, -0.15) is 5.10 Å². The Morgan fingerprint density at radius 3 is 2.74 bits per heavy atom. The second kappa shape index (κ2) is 8.34. The number of rotatable bonds is 5. The van der Waals surface area contributed by atoms with Gasteiger partial charge in [-0.25, -0.2) is 14.6 Å². The highest BCUT2D eigenvalue weighted by molar-refractivity contribution is 5.83. The Labute approximate surface area is 208 Å². The average molecular weight is 481 g/mol. The molecule has 2 heterocycles. The third kappa shape index (κ3) is 3.59. The van der Waals surface area contributed by atoms with Gasteiger partial charge in [-0.15, -0.1) is 0 Å². The third-order valence-corrected chi connectivity index (χ3v) is 11.0. The van der Waals surface area contributed by atoms with Crippen molar-refractivity contribution in [2.45, 2.75) is 83.8 Å². The summed E-state index contributed by atoms with van der Waals surface area (Å²) in [5.74, 6) is 2.85. The topological polar surface area (TPSA) is 90.1 Å². The molecule has 0 unspecified atom stereocenters. The molecule has 0 saturated heterocycles. The van der Waals surface area contributed by atoms with Gasteiger partial charge in [0.2, 0.25) is 0 Å². The van der Waals surface area contributed by atoms with Crippen molar-refractivity contribution in [3.05, 3.63) is 18.6 Å². The first-order valence-corrected chi connectivity index (χ1v) is 13.6. The van der Waals surface area contributed by atoms with E-state index in [4.69, 9.17) is 4.74 Å². The normalized spacial score (nSPS) is 42.9. The minimum absolute atomic E-state index is 0.0636. The fourth-order valence-corrected chi connectivity index (χ4v) is 9.50. The number of ether oxygens (including phenoxy) is 1. The summed E-state index contributed by atoms with van der Waals surface area (Å²) in [5, 5.41) is 15.3. The SMILES string of the molecule is COC[C@]12CC[C@@](C)(O)C[C@@H]1CC[C@H]1[C@@H]3CC[C@H](C(=O)Cn4ncc5nccnc54)[C@@]3(C)CC[C@@H]12. The maximum atomic E-state index is 13.7. The van der Waals surface area contributed by atoms with Gasteiger partial charge in [-0.3, -0.25) is 4.79 Å². The lowest BCUT2D eigenvalue weighted by atomic mass is 9.43. The predicted octanol–water partition coefficient (Wildman–Crippen LogP) is 4.43. The van der Waals surface area contributed by atoms with Gasteiger partial charge in [0.15, 0.2) is 11.4 Å². The summed E-state index contributed by atoms with van der Waals surface area (Å²) in [4.78, 5) is 22.4. The Morgan fingerprint density at radius 2 is 1.91 bits per heavy atom. The lowest BCUT2D eigenvalue weighted by Crippen LogP contribution is -2.58. The Bertz CT molecular complexity index is 1110. The molecule has 2 aromatic heterocycles. The first-order valence-electron chi connectivity index (χ1n) is 13.6. The molecule has 7 heteroatoms. The molecule has 0 amide bonds. The molecule has 6 rings (SSSR count). The summed E-state index contributed by atoms with van der Waals surface area (Å²) in [5.41, 5.74) is 1.15. The smallest absolute Gasteiger partial charge is 0.177 e. The monoisotopic (exact) mass is 480 g/mol. The minimum atomic E-state index is -0.538. The molecule has 7 nitrogen and oxygen atoms in total. The molecular weight excluding hydrogens is 440 g/mol. The number of nitrogens with zero attached hydrogens (tertiary/aromatic N) is 4. The number of aliphatic hydroxyl groups is 1. The first-order chi connectivity index (χ1) is 16.8. The van der Waals surface area contributed by atoms with Crippen LogP contribution in [-0.2, 0) is 16.1 Å². The van der Waals surface area contributed by atoms with Crippen LogP contribution >= 0.6 is 0 Å². The van der Waals surface area contributed by atoms with E-state index in [1.54, 1.807) is 23.3 Å². The number of Topliss-reactive ketones (excluding diaryl/α,β-unsaturated/α-hetero) is 1. The average Bonchev–Trinajstić information content (AvgIpc) is 3.40. The number of hydrogen-bond donors (Lipinski definition) is 1. The quantitative estimate of drug-likeness (QED) is 0.681. The summed E-state index contributed by atoms with van der Waals surface area (Å²) >= 11 is 0. The maximum absolute atomic E-state index is 13.7. The molecule has 0 aromatic carbocycles. The predicted molar refractivity (Wildman–Crippen MR) is 132 cm³/mol. The number of fused-ring (bicyclic) bond motifs is 6. The molecule has 0 bridgehead atoms.